The van der Waals surface area contributed by atoms with Crippen LogP contribution in [0, 0.1) is 5.41 Å². The van der Waals surface area contributed by atoms with Crippen molar-refractivity contribution in [2.75, 3.05) is 13.1 Å². The fourth-order valence-electron chi connectivity index (χ4n) is 1.72. The Morgan fingerprint density at radius 2 is 2.14 bits per heavy atom. The minimum Gasteiger partial charge on any atom is -0.444 e. The number of carbonyl (C=O) groups is 1. The summed E-state index contributed by atoms with van der Waals surface area (Å²) in [5.41, 5.74) is 0.263. The number of hydrogen-bond acceptors (Lipinski definition) is 2. The highest BCUT2D eigenvalue weighted by Gasteiger charge is 2.38. The molecule has 0 radical (unpaired) electrons. The molecule has 0 N–H and O–H groups in total. The molecular formula is C10H12BrNO2. The van der Waals surface area contributed by atoms with Gasteiger partial charge in [0.15, 0.2) is 10.4 Å². The molecule has 0 aliphatic carbocycles. The molecule has 0 bridgehead atoms. The lowest BCUT2D eigenvalue weighted by Crippen LogP contribution is -2.55. The van der Waals surface area contributed by atoms with Crippen molar-refractivity contribution in [1.29, 1.82) is 0 Å². The minimum absolute atomic E-state index is 0.0185. The summed E-state index contributed by atoms with van der Waals surface area (Å²) in [6, 6.07) is 3.43. The van der Waals surface area contributed by atoms with Crippen molar-refractivity contribution in [3.05, 3.63) is 22.6 Å². The normalized spacial score (nSPS) is 19.2. The highest BCUT2D eigenvalue weighted by atomic mass is 79.9. The van der Waals surface area contributed by atoms with E-state index in [1.807, 2.05) is 0 Å². The Morgan fingerprint density at radius 3 is 2.57 bits per heavy atom. The van der Waals surface area contributed by atoms with Crippen molar-refractivity contribution in [1.82, 2.24) is 4.90 Å². The first-order valence-electron chi connectivity index (χ1n) is 4.53. The largest absolute Gasteiger partial charge is 0.444 e. The zero-order valence-electron chi connectivity index (χ0n) is 8.21. The summed E-state index contributed by atoms with van der Waals surface area (Å²) >= 11 is 3.17. The molecule has 1 aromatic heterocycles. The Morgan fingerprint density at radius 1 is 1.50 bits per heavy atom. The van der Waals surface area contributed by atoms with Crippen LogP contribution in [-0.2, 0) is 0 Å². The molecule has 1 saturated heterocycles. The maximum absolute atomic E-state index is 11.7. The van der Waals surface area contributed by atoms with Gasteiger partial charge in [0.2, 0.25) is 0 Å². The number of furan rings is 1. The fourth-order valence-corrected chi connectivity index (χ4v) is 2.02. The van der Waals surface area contributed by atoms with Crippen LogP contribution in [0.25, 0.3) is 0 Å². The van der Waals surface area contributed by atoms with Crippen LogP contribution in [0.4, 0.5) is 0 Å². The van der Waals surface area contributed by atoms with Crippen LogP contribution in [0.3, 0.4) is 0 Å². The molecule has 76 valence electrons. The zero-order chi connectivity index (χ0) is 10.3. The number of carbonyl (C=O) groups excluding carboxylic acids is 1. The van der Waals surface area contributed by atoms with E-state index in [2.05, 4.69) is 29.8 Å². The molecule has 1 aromatic rings. The summed E-state index contributed by atoms with van der Waals surface area (Å²) < 4.78 is 5.79. The Balaban J connectivity index is 2.04. The summed E-state index contributed by atoms with van der Waals surface area (Å²) in [6.45, 7) is 5.91. The van der Waals surface area contributed by atoms with E-state index in [0.717, 1.165) is 13.1 Å². The number of amides is 1. The predicted octanol–water partition coefficient (Wildman–Crippen LogP) is 2.52. The molecule has 1 aliphatic rings. The highest BCUT2D eigenvalue weighted by molar-refractivity contribution is 9.10. The molecule has 1 fully saturated rings. The first-order valence-corrected chi connectivity index (χ1v) is 5.32. The van der Waals surface area contributed by atoms with Gasteiger partial charge in [0.05, 0.1) is 0 Å². The van der Waals surface area contributed by atoms with E-state index in [4.69, 9.17) is 4.42 Å². The Labute approximate surface area is 91.2 Å². The average Bonchev–Trinajstić information content (AvgIpc) is 2.46. The number of halogens is 1. The van der Waals surface area contributed by atoms with Gasteiger partial charge in [0.1, 0.15) is 0 Å². The van der Waals surface area contributed by atoms with Gasteiger partial charge in [-0.1, -0.05) is 13.8 Å². The predicted molar refractivity (Wildman–Crippen MR) is 56.1 cm³/mol. The first-order chi connectivity index (χ1) is 6.48. The van der Waals surface area contributed by atoms with Crippen molar-refractivity contribution in [3.8, 4) is 0 Å². The maximum Gasteiger partial charge on any atom is 0.289 e. The van der Waals surface area contributed by atoms with Gasteiger partial charge >= 0.3 is 0 Å². The van der Waals surface area contributed by atoms with Gasteiger partial charge in [-0.25, -0.2) is 0 Å². The van der Waals surface area contributed by atoms with Crippen LogP contribution < -0.4 is 0 Å². The van der Waals surface area contributed by atoms with E-state index in [0.29, 0.717) is 10.4 Å². The lowest BCUT2D eigenvalue weighted by molar-refractivity contribution is 0.0208. The van der Waals surface area contributed by atoms with E-state index in [9.17, 15) is 4.79 Å². The quantitative estimate of drug-likeness (QED) is 0.775. The van der Waals surface area contributed by atoms with Crippen molar-refractivity contribution >= 4 is 21.8 Å². The van der Waals surface area contributed by atoms with Gasteiger partial charge in [-0.3, -0.25) is 4.79 Å². The topological polar surface area (TPSA) is 33.5 Å². The number of nitrogens with zero attached hydrogens (tertiary/aromatic N) is 1. The molecule has 0 saturated carbocycles. The van der Waals surface area contributed by atoms with Crippen LogP contribution in [0.1, 0.15) is 24.4 Å². The Kier molecular flexibility index (Phi) is 2.18. The SMILES string of the molecule is CC1(C)CN(C(=O)c2ccc(Br)o2)C1. The van der Waals surface area contributed by atoms with Gasteiger partial charge in [0, 0.05) is 13.1 Å². The average molecular weight is 258 g/mol. The number of likely N-dealkylation sites (tertiary alicyclic amines) is 1. The van der Waals surface area contributed by atoms with E-state index in [1.165, 1.54) is 0 Å². The molecule has 4 heteroatoms. The molecule has 1 amide bonds. The molecule has 14 heavy (non-hydrogen) atoms. The van der Waals surface area contributed by atoms with E-state index >= 15 is 0 Å². The third-order valence-corrected chi connectivity index (χ3v) is 2.74. The minimum atomic E-state index is -0.0185. The lowest BCUT2D eigenvalue weighted by atomic mass is 9.84. The smallest absolute Gasteiger partial charge is 0.289 e. The third-order valence-electron chi connectivity index (χ3n) is 2.31. The number of rotatable bonds is 1. The van der Waals surface area contributed by atoms with Crippen LogP contribution in [0.2, 0.25) is 0 Å². The first kappa shape index (κ1) is 9.77. The van der Waals surface area contributed by atoms with Crippen LogP contribution >= 0.6 is 15.9 Å². The summed E-state index contributed by atoms with van der Waals surface area (Å²) in [5, 5.41) is 0. The number of hydrogen-bond donors (Lipinski definition) is 0. The molecule has 2 rings (SSSR count). The van der Waals surface area contributed by atoms with E-state index in [1.54, 1.807) is 17.0 Å². The molecule has 0 unspecified atom stereocenters. The molecule has 0 atom stereocenters. The fraction of sp³-hybridized carbons (Fsp3) is 0.500. The summed E-state index contributed by atoms with van der Waals surface area (Å²) in [4.78, 5) is 13.5. The second kappa shape index (κ2) is 3.12. The van der Waals surface area contributed by atoms with Crippen LogP contribution in [0.15, 0.2) is 21.2 Å². The van der Waals surface area contributed by atoms with Crippen LogP contribution in [-0.4, -0.2) is 23.9 Å². The summed E-state index contributed by atoms with van der Waals surface area (Å²) in [5.74, 6) is 0.391. The third kappa shape index (κ3) is 1.71. The molecule has 2 heterocycles. The van der Waals surface area contributed by atoms with E-state index in [-0.39, 0.29) is 11.3 Å². The van der Waals surface area contributed by atoms with Crippen molar-refractivity contribution in [3.63, 3.8) is 0 Å². The molecule has 1 aliphatic heterocycles. The van der Waals surface area contributed by atoms with Crippen molar-refractivity contribution in [2.45, 2.75) is 13.8 Å². The monoisotopic (exact) mass is 257 g/mol. The maximum atomic E-state index is 11.7. The van der Waals surface area contributed by atoms with Crippen molar-refractivity contribution in [2.24, 2.45) is 5.41 Å². The zero-order valence-corrected chi connectivity index (χ0v) is 9.80. The highest BCUT2D eigenvalue weighted by Crippen LogP contribution is 2.30. The van der Waals surface area contributed by atoms with Crippen LogP contribution in [0.5, 0.6) is 0 Å². The van der Waals surface area contributed by atoms with Gasteiger partial charge in [0.25, 0.3) is 5.91 Å². The summed E-state index contributed by atoms with van der Waals surface area (Å²) in [6.07, 6.45) is 0. The second-order valence-corrected chi connectivity index (χ2v) is 5.21. The molecule has 0 aromatic carbocycles. The van der Waals surface area contributed by atoms with Gasteiger partial charge < -0.3 is 9.32 Å². The van der Waals surface area contributed by atoms with Crippen molar-refractivity contribution < 1.29 is 9.21 Å². The standard InChI is InChI=1S/C10H12BrNO2/c1-10(2)5-12(6-10)9(13)7-3-4-8(11)14-7/h3-4H,5-6H2,1-2H3. The Bertz CT molecular complexity index is 362. The molecular weight excluding hydrogens is 246 g/mol. The van der Waals surface area contributed by atoms with Gasteiger partial charge in [-0.15, -0.1) is 0 Å². The molecule has 0 spiro atoms. The lowest BCUT2D eigenvalue weighted by Gasteiger charge is -2.45. The van der Waals surface area contributed by atoms with Gasteiger partial charge in [-0.05, 0) is 33.5 Å². The second-order valence-electron chi connectivity index (χ2n) is 4.43. The van der Waals surface area contributed by atoms with E-state index < -0.39 is 0 Å². The Hall–Kier alpha value is -0.770. The molecule has 3 nitrogen and oxygen atoms in total. The van der Waals surface area contributed by atoms with Gasteiger partial charge in [-0.2, -0.15) is 0 Å². The summed E-state index contributed by atoms with van der Waals surface area (Å²) in [7, 11) is 0.